The minimum absolute atomic E-state index is 0.0600. The Morgan fingerprint density at radius 3 is 2.67 bits per heavy atom. The molecule has 0 saturated carbocycles. The zero-order valence-corrected chi connectivity index (χ0v) is 10.4. The summed E-state index contributed by atoms with van der Waals surface area (Å²) in [4.78, 5) is 22.3. The number of hydrogen-bond donors (Lipinski definition) is 2. The fourth-order valence-electron chi connectivity index (χ4n) is 1.42. The molecule has 0 saturated heterocycles. The minimum Gasteiger partial charge on any atom is -0.478 e. The van der Waals surface area contributed by atoms with E-state index in [9.17, 15) is 14.0 Å². The molecule has 0 aromatic heterocycles. The highest BCUT2D eigenvalue weighted by Crippen LogP contribution is 2.17. The third-order valence-corrected chi connectivity index (χ3v) is 2.72. The molecule has 0 spiro atoms. The number of amides is 1. The summed E-state index contributed by atoms with van der Waals surface area (Å²) >= 11 is 0. The number of halogens is 1. The molecule has 4 nitrogen and oxygen atoms in total. The van der Waals surface area contributed by atoms with Crippen molar-refractivity contribution in [2.24, 2.45) is 5.92 Å². The molecule has 1 aromatic carbocycles. The van der Waals surface area contributed by atoms with Gasteiger partial charge in [-0.1, -0.05) is 20.3 Å². The first-order chi connectivity index (χ1) is 8.43. The van der Waals surface area contributed by atoms with Crippen molar-refractivity contribution in [1.29, 1.82) is 0 Å². The number of carbonyl (C=O) groups is 2. The summed E-state index contributed by atoms with van der Waals surface area (Å²) in [5, 5.41) is 11.2. The van der Waals surface area contributed by atoms with Crippen LogP contribution >= 0.6 is 0 Å². The van der Waals surface area contributed by atoms with E-state index in [-0.39, 0.29) is 29.5 Å². The summed E-state index contributed by atoms with van der Waals surface area (Å²) < 4.78 is 13.4. The molecule has 1 rings (SSSR count). The van der Waals surface area contributed by atoms with Crippen LogP contribution in [0.4, 0.5) is 10.1 Å². The maximum Gasteiger partial charge on any atom is 0.335 e. The topological polar surface area (TPSA) is 66.4 Å². The number of carboxylic acid groups (broad SMARTS) is 1. The van der Waals surface area contributed by atoms with E-state index < -0.39 is 11.8 Å². The van der Waals surface area contributed by atoms with Crippen LogP contribution in [0, 0.1) is 11.7 Å². The predicted octanol–water partition coefficient (Wildman–Crippen LogP) is 2.90. The SMILES string of the molecule is CCC(C)CC(=O)Nc1cc(C(=O)O)ccc1F. The van der Waals surface area contributed by atoms with Crippen LogP contribution in [0.2, 0.25) is 0 Å². The Kier molecular flexibility index (Phi) is 4.83. The molecule has 98 valence electrons. The lowest BCUT2D eigenvalue weighted by atomic mass is 10.0. The first-order valence-corrected chi connectivity index (χ1v) is 5.76. The Bertz CT molecular complexity index is 460. The highest BCUT2D eigenvalue weighted by molar-refractivity contribution is 5.94. The predicted molar refractivity (Wildman–Crippen MR) is 66.1 cm³/mol. The number of carbonyl (C=O) groups excluding carboxylic acids is 1. The van der Waals surface area contributed by atoms with E-state index in [2.05, 4.69) is 5.32 Å². The van der Waals surface area contributed by atoms with Crippen molar-refractivity contribution >= 4 is 17.6 Å². The van der Waals surface area contributed by atoms with E-state index in [1.807, 2.05) is 13.8 Å². The molecule has 1 aromatic rings. The molecule has 0 aliphatic rings. The van der Waals surface area contributed by atoms with Crippen molar-refractivity contribution in [1.82, 2.24) is 0 Å². The number of anilines is 1. The van der Waals surface area contributed by atoms with Crippen LogP contribution in [0.15, 0.2) is 18.2 Å². The van der Waals surface area contributed by atoms with Crippen molar-refractivity contribution in [3.63, 3.8) is 0 Å². The summed E-state index contributed by atoms with van der Waals surface area (Å²) in [5.41, 5.74) is -0.154. The van der Waals surface area contributed by atoms with E-state index in [0.717, 1.165) is 24.6 Å². The minimum atomic E-state index is -1.16. The Morgan fingerprint density at radius 1 is 1.44 bits per heavy atom. The van der Waals surface area contributed by atoms with Crippen LogP contribution in [0.1, 0.15) is 37.0 Å². The summed E-state index contributed by atoms with van der Waals surface area (Å²) in [6.07, 6.45) is 1.14. The van der Waals surface area contributed by atoms with Gasteiger partial charge in [-0.2, -0.15) is 0 Å². The first kappa shape index (κ1) is 14.2. The van der Waals surface area contributed by atoms with Crippen LogP contribution < -0.4 is 5.32 Å². The van der Waals surface area contributed by atoms with Crippen LogP contribution in [-0.4, -0.2) is 17.0 Å². The standard InChI is InChI=1S/C13H16FNO3/c1-3-8(2)6-12(16)15-11-7-9(13(17)18)4-5-10(11)14/h4-5,7-8H,3,6H2,1-2H3,(H,15,16)(H,17,18). The average Bonchev–Trinajstić information content (AvgIpc) is 2.31. The largest absolute Gasteiger partial charge is 0.478 e. The third kappa shape index (κ3) is 3.84. The third-order valence-electron chi connectivity index (χ3n) is 2.72. The van der Waals surface area contributed by atoms with Crippen molar-refractivity contribution in [2.45, 2.75) is 26.7 Å². The molecule has 2 N–H and O–H groups in total. The maximum absolute atomic E-state index is 13.4. The van der Waals surface area contributed by atoms with Gasteiger partial charge in [0.2, 0.25) is 5.91 Å². The zero-order valence-electron chi connectivity index (χ0n) is 10.4. The van der Waals surface area contributed by atoms with E-state index in [1.165, 1.54) is 0 Å². The van der Waals surface area contributed by atoms with Crippen LogP contribution in [0.3, 0.4) is 0 Å². The van der Waals surface area contributed by atoms with Gasteiger partial charge in [-0.15, -0.1) is 0 Å². The van der Waals surface area contributed by atoms with Gasteiger partial charge in [0.25, 0.3) is 0 Å². The van der Waals surface area contributed by atoms with Gasteiger partial charge >= 0.3 is 5.97 Å². The van der Waals surface area contributed by atoms with Crippen molar-refractivity contribution in [3.05, 3.63) is 29.6 Å². The molecular formula is C13H16FNO3. The molecule has 0 radical (unpaired) electrons. The lowest BCUT2D eigenvalue weighted by molar-refractivity contribution is -0.117. The number of benzene rings is 1. The molecule has 1 unspecified atom stereocenters. The lowest BCUT2D eigenvalue weighted by Crippen LogP contribution is -2.16. The monoisotopic (exact) mass is 253 g/mol. The number of rotatable bonds is 5. The van der Waals surface area contributed by atoms with E-state index in [4.69, 9.17) is 5.11 Å². The summed E-state index contributed by atoms with van der Waals surface area (Å²) in [6, 6.07) is 3.30. The highest BCUT2D eigenvalue weighted by atomic mass is 19.1. The van der Waals surface area contributed by atoms with Gasteiger partial charge in [0.05, 0.1) is 11.3 Å². The zero-order chi connectivity index (χ0) is 13.7. The van der Waals surface area contributed by atoms with Gasteiger partial charge in [-0.05, 0) is 24.1 Å². The normalized spacial score (nSPS) is 11.9. The molecule has 1 amide bonds. The Labute approximate surface area is 105 Å². The van der Waals surface area contributed by atoms with Crippen LogP contribution in [0.5, 0.6) is 0 Å². The Morgan fingerprint density at radius 2 is 2.11 bits per heavy atom. The average molecular weight is 253 g/mol. The second-order valence-electron chi connectivity index (χ2n) is 4.27. The van der Waals surface area contributed by atoms with Gasteiger partial charge in [0, 0.05) is 6.42 Å². The second kappa shape index (κ2) is 6.14. The summed E-state index contributed by atoms with van der Waals surface area (Å²) in [7, 11) is 0. The van der Waals surface area contributed by atoms with Crippen molar-refractivity contribution in [3.8, 4) is 0 Å². The number of hydrogen-bond acceptors (Lipinski definition) is 2. The van der Waals surface area contributed by atoms with Gasteiger partial charge in [-0.25, -0.2) is 9.18 Å². The smallest absolute Gasteiger partial charge is 0.335 e. The number of aromatic carboxylic acids is 1. The van der Waals surface area contributed by atoms with Gasteiger partial charge in [-0.3, -0.25) is 4.79 Å². The van der Waals surface area contributed by atoms with E-state index in [0.29, 0.717) is 0 Å². The van der Waals surface area contributed by atoms with Crippen LogP contribution in [0.25, 0.3) is 0 Å². The van der Waals surface area contributed by atoms with Gasteiger partial charge in [0.1, 0.15) is 5.82 Å². The molecule has 5 heteroatoms. The van der Waals surface area contributed by atoms with Crippen LogP contribution in [-0.2, 0) is 4.79 Å². The number of carboxylic acids is 1. The molecule has 18 heavy (non-hydrogen) atoms. The van der Waals surface area contributed by atoms with Gasteiger partial charge in [0.15, 0.2) is 0 Å². The first-order valence-electron chi connectivity index (χ1n) is 5.76. The second-order valence-corrected chi connectivity index (χ2v) is 4.27. The summed E-state index contributed by atoms with van der Waals surface area (Å²) in [5.74, 6) is -1.91. The van der Waals surface area contributed by atoms with Crippen molar-refractivity contribution < 1.29 is 19.1 Å². The Hall–Kier alpha value is -1.91. The van der Waals surface area contributed by atoms with E-state index >= 15 is 0 Å². The molecule has 0 aliphatic heterocycles. The van der Waals surface area contributed by atoms with E-state index in [1.54, 1.807) is 0 Å². The van der Waals surface area contributed by atoms with Gasteiger partial charge < -0.3 is 10.4 Å². The summed E-state index contributed by atoms with van der Waals surface area (Å²) in [6.45, 7) is 3.88. The molecule has 0 aliphatic carbocycles. The number of nitrogens with one attached hydrogen (secondary N) is 1. The van der Waals surface area contributed by atoms with Crippen molar-refractivity contribution in [2.75, 3.05) is 5.32 Å². The molecule has 1 atom stereocenters. The molecule has 0 bridgehead atoms. The molecule has 0 heterocycles. The Balaban J connectivity index is 2.80. The quantitative estimate of drug-likeness (QED) is 0.847. The lowest BCUT2D eigenvalue weighted by Gasteiger charge is -2.10. The molecular weight excluding hydrogens is 237 g/mol. The maximum atomic E-state index is 13.4. The fourth-order valence-corrected chi connectivity index (χ4v) is 1.42. The highest BCUT2D eigenvalue weighted by Gasteiger charge is 2.12. The molecule has 0 fully saturated rings. The fraction of sp³-hybridized carbons (Fsp3) is 0.385.